The lowest BCUT2D eigenvalue weighted by molar-refractivity contribution is 0.112. The van der Waals surface area contributed by atoms with Crippen LogP contribution in [0.1, 0.15) is 42.4 Å². The molecule has 13 heavy (non-hydrogen) atoms. The third-order valence-corrected chi connectivity index (χ3v) is 2.65. The van der Waals surface area contributed by atoms with Gasteiger partial charge in [0.05, 0.1) is 5.56 Å². The SMILES string of the molecule is CC1(C)CC1c1ncc(C=O)cn1. The number of rotatable bonds is 2. The Morgan fingerprint density at radius 3 is 2.38 bits per heavy atom. The van der Waals surface area contributed by atoms with E-state index in [2.05, 4.69) is 23.8 Å². The van der Waals surface area contributed by atoms with Gasteiger partial charge in [-0.2, -0.15) is 0 Å². The Labute approximate surface area is 77.2 Å². The lowest BCUT2D eigenvalue weighted by Gasteiger charge is -2.00. The van der Waals surface area contributed by atoms with Crippen LogP contribution in [0.15, 0.2) is 12.4 Å². The van der Waals surface area contributed by atoms with Crippen LogP contribution in [0.4, 0.5) is 0 Å². The van der Waals surface area contributed by atoms with Gasteiger partial charge in [-0.05, 0) is 11.8 Å². The monoisotopic (exact) mass is 176 g/mol. The van der Waals surface area contributed by atoms with Crippen molar-refractivity contribution in [1.29, 1.82) is 0 Å². The number of aldehydes is 1. The van der Waals surface area contributed by atoms with Crippen LogP contribution in [0.2, 0.25) is 0 Å². The molecular weight excluding hydrogens is 164 g/mol. The van der Waals surface area contributed by atoms with Crippen molar-refractivity contribution < 1.29 is 4.79 Å². The summed E-state index contributed by atoms with van der Waals surface area (Å²) in [6.45, 7) is 4.41. The zero-order valence-electron chi connectivity index (χ0n) is 7.82. The topological polar surface area (TPSA) is 42.9 Å². The van der Waals surface area contributed by atoms with Crippen LogP contribution in [0, 0.1) is 5.41 Å². The van der Waals surface area contributed by atoms with E-state index in [1.54, 1.807) is 12.4 Å². The standard InChI is InChI=1S/C10H12N2O/c1-10(2)3-8(10)9-11-4-7(6-13)5-12-9/h4-6,8H,3H2,1-2H3. The van der Waals surface area contributed by atoms with Gasteiger partial charge < -0.3 is 0 Å². The van der Waals surface area contributed by atoms with Crippen LogP contribution in [0.3, 0.4) is 0 Å². The molecule has 2 rings (SSSR count). The molecule has 1 aliphatic rings. The van der Waals surface area contributed by atoms with Crippen molar-refractivity contribution in [2.24, 2.45) is 5.41 Å². The van der Waals surface area contributed by atoms with Crippen molar-refractivity contribution in [2.75, 3.05) is 0 Å². The van der Waals surface area contributed by atoms with E-state index in [-0.39, 0.29) is 0 Å². The summed E-state index contributed by atoms with van der Waals surface area (Å²) in [6.07, 6.45) is 5.09. The fourth-order valence-electron chi connectivity index (χ4n) is 1.50. The first-order valence-electron chi connectivity index (χ1n) is 4.40. The number of hydrogen-bond donors (Lipinski definition) is 0. The molecule has 1 heterocycles. The highest BCUT2D eigenvalue weighted by Gasteiger charge is 2.48. The van der Waals surface area contributed by atoms with E-state index in [9.17, 15) is 4.79 Å². The largest absolute Gasteiger partial charge is 0.298 e. The van der Waals surface area contributed by atoms with Gasteiger partial charge in [-0.3, -0.25) is 4.79 Å². The minimum atomic E-state index is 0.350. The maximum absolute atomic E-state index is 10.4. The maximum Gasteiger partial charge on any atom is 0.153 e. The number of hydrogen-bond acceptors (Lipinski definition) is 3. The Morgan fingerprint density at radius 2 is 2.00 bits per heavy atom. The quantitative estimate of drug-likeness (QED) is 0.645. The Kier molecular flexibility index (Phi) is 1.68. The lowest BCUT2D eigenvalue weighted by atomic mass is 10.1. The molecular formula is C10H12N2O. The number of carbonyl (C=O) groups excluding carboxylic acids is 1. The van der Waals surface area contributed by atoms with E-state index >= 15 is 0 Å². The molecule has 0 saturated heterocycles. The molecule has 1 aromatic heterocycles. The highest BCUT2D eigenvalue weighted by Crippen LogP contribution is 2.57. The second-order valence-electron chi connectivity index (χ2n) is 4.24. The van der Waals surface area contributed by atoms with E-state index in [1.165, 1.54) is 0 Å². The van der Waals surface area contributed by atoms with Gasteiger partial charge in [0.15, 0.2) is 6.29 Å². The summed E-state index contributed by atoms with van der Waals surface area (Å²) in [5.41, 5.74) is 0.894. The zero-order chi connectivity index (χ0) is 9.47. The maximum atomic E-state index is 10.4. The molecule has 0 spiro atoms. The first-order chi connectivity index (χ1) is 6.13. The predicted octanol–water partition coefficient (Wildman–Crippen LogP) is 1.80. The fourth-order valence-corrected chi connectivity index (χ4v) is 1.50. The van der Waals surface area contributed by atoms with Crippen LogP contribution in [-0.2, 0) is 0 Å². The van der Waals surface area contributed by atoms with Crippen molar-refractivity contribution >= 4 is 6.29 Å². The van der Waals surface area contributed by atoms with E-state index in [0.717, 1.165) is 18.5 Å². The van der Waals surface area contributed by atoms with E-state index in [1.807, 2.05) is 0 Å². The Hall–Kier alpha value is -1.25. The van der Waals surface area contributed by atoms with Gasteiger partial charge in [0.1, 0.15) is 5.82 Å². The number of aromatic nitrogens is 2. The Balaban J connectivity index is 2.20. The smallest absolute Gasteiger partial charge is 0.153 e. The Morgan fingerprint density at radius 1 is 1.46 bits per heavy atom. The first-order valence-corrected chi connectivity index (χ1v) is 4.40. The minimum Gasteiger partial charge on any atom is -0.298 e. The summed E-state index contributed by atoms with van der Waals surface area (Å²) in [5, 5.41) is 0. The normalized spacial score (nSPS) is 24.0. The summed E-state index contributed by atoms with van der Waals surface area (Å²) in [7, 11) is 0. The Bertz CT molecular complexity index is 329. The van der Waals surface area contributed by atoms with Crippen LogP contribution < -0.4 is 0 Å². The van der Waals surface area contributed by atoms with Gasteiger partial charge in [-0.25, -0.2) is 9.97 Å². The van der Waals surface area contributed by atoms with E-state index < -0.39 is 0 Å². The molecule has 0 N–H and O–H groups in total. The van der Waals surface area contributed by atoms with Gasteiger partial charge in [-0.15, -0.1) is 0 Å². The fraction of sp³-hybridized carbons (Fsp3) is 0.500. The van der Waals surface area contributed by atoms with Gasteiger partial charge in [0.2, 0.25) is 0 Å². The van der Waals surface area contributed by atoms with Crippen LogP contribution in [-0.4, -0.2) is 16.3 Å². The highest BCUT2D eigenvalue weighted by atomic mass is 16.1. The molecule has 3 nitrogen and oxygen atoms in total. The van der Waals surface area contributed by atoms with Crippen molar-refractivity contribution in [3.05, 3.63) is 23.8 Å². The number of carbonyl (C=O) groups is 1. The zero-order valence-corrected chi connectivity index (χ0v) is 7.82. The summed E-state index contributed by atoms with van der Waals surface area (Å²) >= 11 is 0. The first kappa shape index (κ1) is 8.35. The van der Waals surface area contributed by atoms with Crippen molar-refractivity contribution in [2.45, 2.75) is 26.2 Å². The summed E-state index contributed by atoms with van der Waals surface area (Å²) in [6, 6.07) is 0. The average molecular weight is 176 g/mol. The van der Waals surface area contributed by atoms with Gasteiger partial charge in [0.25, 0.3) is 0 Å². The van der Waals surface area contributed by atoms with E-state index in [0.29, 0.717) is 16.9 Å². The summed E-state index contributed by atoms with van der Waals surface area (Å²) in [5.74, 6) is 1.35. The van der Waals surface area contributed by atoms with Crippen LogP contribution >= 0.6 is 0 Å². The van der Waals surface area contributed by atoms with Gasteiger partial charge in [-0.1, -0.05) is 13.8 Å². The molecule has 68 valence electrons. The third kappa shape index (κ3) is 1.46. The number of nitrogens with zero attached hydrogens (tertiary/aromatic N) is 2. The molecule has 1 saturated carbocycles. The molecule has 0 radical (unpaired) electrons. The predicted molar refractivity (Wildman–Crippen MR) is 48.6 cm³/mol. The second kappa shape index (κ2) is 2.62. The highest BCUT2D eigenvalue weighted by molar-refractivity contribution is 5.73. The molecule has 0 aliphatic heterocycles. The minimum absolute atomic E-state index is 0.350. The molecule has 0 aromatic carbocycles. The van der Waals surface area contributed by atoms with Gasteiger partial charge >= 0.3 is 0 Å². The molecule has 1 unspecified atom stereocenters. The molecule has 1 fully saturated rings. The van der Waals surface area contributed by atoms with Crippen molar-refractivity contribution in [3.8, 4) is 0 Å². The average Bonchev–Trinajstić information content (AvgIpc) is 2.76. The van der Waals surface area contributed by atoms with Crippen molar-refractivity contribution in [1.82, 2.24) is 9.97 Å². The summed E-state index contributed by atoms with van der Waals surface area (Å²) in [4.78, 5) is 18.7. The lowest BCUT2D eigenvalue weighted by Crippen LogP contribution is -1.97. The second-order valence-corrected chi connectivity index (χ2v) is 4.24. The van der Waals surface area contributed by atoms with Crippen LogP contribution in [0.25, 0.3) is 0 Å². The van der Waals surface area contributed by atoms with Crippen LogP contribution in [0.5, 0.6) is 0 Å². The molecule has 1 atom stereocenters. The van der Waals surface area contributed by atoms with Gasteiger partial charge in [0, 0.05) is 18.3 Å². The molecule has 0 amide bonds. The molecule has 0 bridgehead atoms. The molecule has 1 aromatic rings. The third-order valence-electron chi connectivity index (χ3n) is 2.65. The summed E-state index contributed by atoms with van der Waals surface area (Å²) < 4.78 is 0. The van der Waals surface area contributed by atoms with Crippen molar-refractivity contribution in [3.63, 3.8) is 0 Å². The molecule has 1 aliphatic carbocycles. The molecule has 3 heteroatoms. The van der Waals surface area contributed by atoms with E-state index in [4.69, 9.17) is 0 Å².